The van der Waals surface area contributed by atoms with Crippen molar-refractivity contribution in [3.63, 3.8) is 0 Å². The Morgan fingerprint density at radius 2 is 1.20 bits per heavy atom. The number of aliphatic carboxylic acids is 1. The van der Waals surface area contributed by atoms with Gasteiger partial charge in [0.15, 0.2) is 0 Å². The fourth-order valence-corrected chi connectivity index (χ4v) is 2.18. The zero-order valence-electron chi connectivity index (χ0n) is 13.3. The van der Waals surface area contributed by atoms with Crippen LogP contribution in [0.1, 0.15) is 41.5 Å². The fourth-order valence-electron chi connectivity index (χ4n) is 2.18. The third-order valence-electron chi connectivity index (χ3n) is 4.24. The number of hydrogen-bond acceptors (Lipinski definition) is 2. The van der Waals surface area contributed by atoms with Gasteiger partial charge in [0.05, 0.1) is 0 Å². The van der Waals surface area contributed by atoms with Crippen molar-refractivity contribution >= 4 is 5.97 Å². The van der Waals surface area contributed by atoms with Gasteiger partial charge in [-0.3, -0.25) is 10.7 Å². The van der Waals surface area contributed by atoms with Crippen LogP contribution in [0.3, 0.4) is 0 Å². The van der Waals surface area contributed by atoms with E-state index in [4.69, 9.17) is 0 Å². The second-order valence-electron chi connectivity index (χ2n) is 5.43. The van der Waals surface area contributed by atoms with Crippen LogP contribution < -0.4 is 5.32 Å². The number of rotatable bonds is 1. The molecule has 1 heterocycles. The Hall–Kier alpha value is 6.05. The van der Waals surface area contributed by atoms with E-state index >= 15 is 0 Å². The Kier molecular flexibility index (Phi) is 30.6. The Morgan fingerprint density at radius 3 is 1.30 bits per heavy atom. The van der Waals surface area contributed by atoms with Crippen LogP contribution in [-0.2, 0) is 201 Å². The molecular formula is C11H20NO2Y6-. The third-order valence-corrected chi connectivity index (χ3v) is 4.24. The molecule has 20 heavy (non-hydrogen) atoms. The van der Waals surface area contributed by atoms with Crippen molar-refractivity contribution < 1.29 is 206 Å². The quantitative estimate of drug-likeness (QED) is 0.406. The molecule has 1 aliphatic rings. The molecule has 0 amide bonds. The van der Waals surface area contributed by atoms with Crippen molar-refractivity contribution in [2.45, 2.75) is 52.6 Å². The van der Waals surface area contributed by atoms with Crippen molar-refractivity contribution in [2.75, 3.05) is 0 Å². The second kappa shape index (κ2) is 15.0. The Balaban J connectivity index is -0.0000000817. The zero-order chi connectivity index (χ0) is 11.4. The largest absolute Gasteiger partial charge is 0.482 e. The molecule has 100 valence electrons. The smallest absolute Gasteiger partial charge is 0.292 e. The summed E-state index contributed by atoms with van der Waals surface area (Å²) in [5, 5.41) is 12.4. The van der Waals surface area contributed by atoms with Crippen LogP contribution in [0.4, 0.5) is 0 Å². The number of carboxylic acids is 1. The molecule has 0 unspecified atom stereocenters. The molecule has 0 aromatic rings. The summed E-state index contributed by atoms with van der Waals surface area (Å²) in [6, 6.07) is 0. The standard InChI is InChI=1S/C11H20NO2.6Y/c1-7-9(2,3)10(4,5)12-11(7,6)8(13)14;;;;;;/h12H,1-6H3,(H,13,14);;;;;;/q-1;;;;;;/t11-;;;;;;/m0....../s1. The van der Waals surface area contributed by atoms with Gasteiger partial charge in [-0.2, -0.15) is 6.92 Å². The van der Waals surface area contributed by atoms with E-state index < -0.39 is 11.5 Å². The maximum absolute atomic E-state index is 11.2. The van der Waals surface area contributed by atoms with E-state index in [0.717, 1.165) is 5.92 Å². The maximum atomic E-state index is 11.2. The summed E-state index contributed by atoms with van der Waals surface area (Å²) in [5.74, 6) is 0.191. The van der Waals surface area contributed by atoms with E-state index in [1.54, 1.807) is 6.92 Å². The average molecular weight is 732 g/mol. The van der Waals surface area contributed by atoms with Gasteiger partial charge in [-0.05, 0) is 24.9 Å². The normalized spacial score (nSPS) is 25.1. The zero-order valence-corrected chi connectivity index (χ0v) is 30.3. The van der Waals surface area contributed by atoms with Crippen molar-refractivity contribution in [3.05, 3.63) is 5.92 Å². The molecular weight excluding hydrogens is 712 g/mol. The first-order valence-electron chi connectivity index (χ1n) is 4.93. The molecule has 1 fully saturated rings. The fraction of sp³-hybridized carbons (Fsp3) is 0.818. The van der Waals surface area contributed by atoms with Gasteiger partial charge in [-0.25, -0.2) is 0 Å². The van der Waals surface area contributed by atoms with E-state index in [9.17, 15) is 9.90 Å². The van der Waals surface area contributed by atoms with E-state index in [1.165, 1.54) is 0 Å². The molecule has 0 aliphatic carbocycles. The van der Waals surface area contributed by atoms with Crippen molar-refractivity contribution in [1.82, 2.24) is 5.32 Å². The van der Waals surface area contributed by atoms with Gasteiger partial charge in [-0.1, -0.05) is 20.8 Å². The Morgan fingerprint density at radius 1 is 0.900 bits per heavy atom. The topological polar surface area (TPSA) is 49.3 Å². The van der Waals surface area contributed by atoms with Gasteiger partial charge in [0.2, 0.25) is 0 Å². The first kappa shape index (κ1) is 40.7. The van der Waals surface area contributed by atoms with Crippen LogP contribution in [0, 0.1) is 11.3 Å². The second-order valence-corrected chi connectivity index (χ2v) is 5.43. The molecule has 0 saturated carbocycles. The molecule has 0 bridgehead atoms. The van der Waals surface area contributed by atoms with E-state index in [-0.39, 0.29) is 207 Å². The van der Waals surface area contributed by atoms with Crippen molar-refractivity contribution in [3.8, 4) is 0 Å². The number of carboxylic acid groups (broad SMARTS) is 1. The minimum atomic E-state index is -0.896. The number of nitrogens with one attached hydrogen (secondary N) is 1. The van der Waals surface area contributed by atoms with E-state index in [0.29, 0.717) is 0 Å². The van der Waals surface area contributed by atoms with Gasteiger partial charge in [0, 0.05) is 196 Å². The third kappa shape index (κ3) is 8.38. The minimum Gasteiger partial charge on any atom is -0.482 e. The molecule has 1 atom stereocenters. The molecule has 0 aromatic carbocycles. The molecule has 2 N–H and O–H groups in total. The van der Waals surface area contributed by atoms with Crippen LogP contribution in [0.25, 0.3) is 0 Å². The molecule has 0 spiro atoms. The summed E-state index contributed by atoms with van der Waals surface area (Å²) < 4.78 is 0. The van der Waals surface area contributed by atoms with Crippen LogP contribution in [0.5, 0.6) is 0 Å². The van der Waals surface area contributed by atoms with E-state index in [1.807, 2.05) is 20.8 Å². The van der Waals surface area contributed by atoms with Gasteiger partial charge in [0.25, 0.3) is 5.97 Å². The van der Waals surface area contributed by atoms with Crippen LogP contribution in [0.2, 0.25) is 0 Å². The van der Waals surface area contributed by atoms with Gasteiger partial charge in [0.1, 0.15) is 0 Å². The van der Waals surface area contributed by atoms with E-state index in [2.05, 4.69) is 19.2 Å². The van der Waals surface area contributed by atoms with Gasteiger partial charge >= 0.3 is 0 Å². The van der Waals surface area contributed by atoms with Crippen molar-refractivity contribution in [1.29, 1.82) is 0 Å². The molecule has 1 aliphatic heterocycles. The van der Waals surface area contributed by atoms with Gasteiger partial charge in [-0.15, -0.1) is 5.41 Å². The summed E-state index contributed by atoms with van der Waals surface area (Å²) >= 11 is 0. The monoisotopic (exact) mass is 732 g/mol. The van der Waals surface area contributed by atoms with Crippen LogP contribution in [-0.4, -0.2) is 22.2 Å². The van der Waals surface area contributed by atoms with Gasteiger partial charge < -0.3 is 10.4 Å². The molecule has 3 nitrogen and oxygen atoms in total. The Bertz CT molecular complexity index is 288. The molecule has 9 heteroatoms. The summed E-state index contributed by atoms with van der Waals surface area (Å²) in [6.07, 6.45) is 0. The van der Waals surface area contributed by atoms with Crippen LogP contribution in [0.15, 0.2) is 0 Å². The molecule has 1 rings (SSSR count). The molecule has 6 radical (unpaired) electrons. The first-order valence-corrected chi connectivity index (χ1v) is 4.93. The predicted molar refractivity (Wildman–Crippen MR) is 56.0 cm³/mol. The SMILES string of the molecule is C[C-]1C(C)(C)C(C)(C)N[C@]1(C)C(=O)O.[Y].[Y].[Y].[Y].[Y].[Y]. The maximum Gasteiger partial charge on any atom is 0.292 e. The number of hydrogen-bond donors (Lipinski definition) is 2. The average Bonchev–Trinajstić information content (AvgIpc) is 2.11. The van der Waals surface area contributed by atoms with Crippen LogP contribution >= 0.6 is 0 Å². The summed E-state index contributed by atoms with van der Waals surface area (Å²) in [7, 11) is 0. The van der Waals surface area contributed by atoms with Crippen molar-refractivity contribution in [2.24, 2.45) is 5.41 Å². The number of carbonyl (C=O) groups is 1. The summed E-state index contributed by atoms with van der Waals surface area (Å²) in [4.78, 5) is 11.2. The summed E-state index contributed by atoms with van der Waals surface area (Å²) in [5.41, 5.74) is -1.20. The molecule has 1 saturated heterocycles. The molecule has 0 aromatic heterocycles. The Labute approximate surface area is 274 Å². The minimum absolute atomic E-state index is 0. The summed E-state index contributed by atoms with van der Waals surface area (Å²) in [6.45, 7) is 11.9. The first-order chi connectivity index (χ1) is 6.06. The predicted octanol–water partition coefficient (Wildman–Crippen LogP) is 1.82.